The summed E-state index contributed by atoms with van der Waals surface area (Å²) in [5, 5.41) is 5.23. The van der Waals surface area contributed by atoms with Crippen LogP contribution in [0.4, 0.5) is 5.13 Å². The number of ether oxygens (including phenoxy) is 1. The number of rotatable bonds is 8. The van der Waals surface area contributed by atoms with Crippen LogP contribution in [0.25, 0.3) is 21.7 Å². The van der Waals surface area contributed by atoms with Gasteiger partial charge in [0, 0.05) is 11.1 Å². The van der Waals surface area contributed by atoms with Gasteiger partial charge in [-0.15, -0.1) is 0 Å². The van der Waals surface area contributed by atoms with E-state index in [4.69, 9.17) is 9.72 Å². The second-order valence-corrected chi connectivity index (χ2v) is 9.54. The summed E-state index contributed by atoms with van der Waals surface area (Å²) in [6.07, 6.45) is 1.78. The van der Waals surface area contributed by atoms with Crippen molar-refractivity contribution in [3.8, 4) is 27.4 Å². The fraction of sp³-hybridized carbons (Fsp3) is 0.0968. The summed E-state index contributed by atoms with van der Waals surface area (Å²) in [6.45, 7) is 4.76. The molecule has 0 aliphatic rings. The molecule has 0 aliphatic heterocycles. The van der Waals surface area contributed by atoms with Crippen molar-refractivity contribution < 1.29 is 4.74 Å². The minimum absolute atomic E-state index is 0.505. The molecule has 0 spiro atoms. The van der Waals surface area contributed by atoms with Crippen molar-refractivity contribution >= 4 is 22.7 Å². The van der Waals surface area contributed by atoms with Gasteiger partial charge in [-0.3, -0.25) is 5.43 Å². The molecule has 0 unspecified atom stereocenters. The lowest BCUT2D eigenvalue weighted by Crippen LogP contribution is -1.99. The minimum atomic E-state index is 0.505. The Balaban J connectivity index is 1.38. The van der Waals surface area contributed by atoms with Crippen LogP contribution in [-0.4, -0.2) is 11.2 Å². The van der Waals surface area contributed by atoms with Gasteiger partial charge in [0.05, 0.1) is 16.8 Å². The highest BCUT2D eigenvalue weighted by molar-refractivity contribution is 7.19. The van der Waals surface area contributed by atoms with Crippen molar-refractivity contribution in [3.63, 3.8) is 0 Å². The van der Waals surface area contributed by atoms with Crippen LogP contribution in [0.2, 0.25) is 0 Å². The van der Waals surface area contributed by atoms with Crippen LogP contribution in [0.15, 0.2) is 108 Å². The van der Waals surface area contributed by atoms with E-state index in [9.17, 15) is 0 Å². The van der Waals surface area contributed by atoms with Gasteiger partial charge in [0.15, 0.2) is 0 Å². The van der Waals surface area contributed by atoms with Gasteiger partial charge >= 0.3 is 0 Å². The molecule has 36 heavy (non-hydrogen) atoms. The number of nitrogens with one attached hydrogen (secondary N) is 1. The van der Waals surface area contributed by atoms with Crippen LogP contribution in [0.5, 0.6) is 5.75 Å². The number of aromatic nitrogens is 1. The summed E-state index contributed by atoms with van der Waals surface area (Å²) in [7, 11) is 0. The molecule has 0 amide bonds. The molecule has 0 bridgehead atoms. The summed E-state index contributed by atoms with van der Waals surface area (Å²) in [5.41, 5.74) is 10.9. The molecule has 4 nitrogen and oxygen atoms in total. The quantitative estimate of drug-likeness (QED) is 0.177. The van der Waals surface area contributed by atoms with E-state index >= 15 is 0 Å². The van der Waals surface area contributed by atoms with E-state index in [-0.39, 0.29) is 0 Å². The molecule has 5 aromatic rings. The Bertz CT molecular complexity index is 1480. The van der Waals surface area contributed by atoms with Crippen LogP contribution in [0.1, 0.15) is 22.3 Å². The van der Waals surface area contributed by atoms with E-state index in [1.807, 2.05) is 48.5 Å². The molecule has 0 saturated heterocycles. The van der Waals surface area contributed by atoms with Crippen molar-refractivity contribution in [2.24, 2.45) is 5.10 Å². The highest BCUT2D eigenvalue weighted by Gasteiger charge is 2.15. The van der Waals surface area contributed by atoms with Gasteiger partial charge in [0.2, 0.25) is 5.13 Å². The van der Waals surface area contributed by atoms with E-state index < -0.39 is 0 Å². The molecule has 0 aliphatic carbocycles. The minimum Gasteiger partial charge on any atom is -0.488 e. The first-order valence-corrected chi connectivity index (χ1v) is 12.7. The lowest BCUT2D eigenvalue weighted by molar-refractivity contribution is 0.306. The summed E-state index contributed by atoms with van der Waals surface area (Å²) in [6, 6.07) is 34.9. The van der Waals surface area contributed by atoms with Gasteiger partial charge in [-0.1, -0.05) is 96.3 Å². The predicted molar refractivity (Wildman–Crippen MR) is 151 cm³/mol. The molecule has 1 N–H and O–H groups in total. The standard InChI is InChI=1S/C31H27N3OS/c1-22-17-18-26(19-23(22)2)29-30(25-13-7-4-8-14-25)36-31(33-29)34-32-20-27-15-9-10-16-28(27)35-21-24-11-5-3-6-12-24/h3-20H,21H2,1-2H3,(H,33,34)/b32-20-. The Morgan fingerprint density at radius 2 is 1.53 bits per heavy atom. The zero-order chi connectivity index (χ0) is 24.7. The van der Waals surface area contributed by atoms with Gasteiger partial charge in [-0.05, 0) is 54.3 Å². The smallest absolute Gasteiger partial charge is 0.204 e. The lowest BCUT2D eigenvalue weighted by Gasteiger charge is -2.08. The number of hydrogen-bond donors (Lipinski definition) is 1. The van der Waals surface area contributed by atoms with Gasteiger partial charge in [-0.25, -0.2) is 4.98 Å². The first-order chi connectivity index (χ1) is 17.7. The van der Waals surface area contributed by atoms with Gasteiger partial charge in [-0.2, -0.15) is 5.10 Å². The molecule has 0 fully saturated rings. The van der Waals surface area contributed by atoms with Crippen molar-refractivity contribution in [2.45, 2.75) is 20.5 Å². The van der Waals surface area contributed by atoms with Gasteiger partial charge in [0.1, 0.15) is 12.4 Å². The van der Waals surface area contributed by atoms with Crippen molar-refractivity contribution in [3.05, 3.63) is 125 Å². The second-order valence-electron chi connectivity index (χ2n) is 8.54. The Hall–Kier alpha value is -4.22. The van der Waals surface area contributed by atoms with Crippen LogP contribution < -0.4 is 10.2 Å². The molecule has 1 heterocycles. The van der Waals surface area contributed by atoms with Crippen LogP contribution in [0, 0.1) is 13.8 Å². The second kappa shape index (κ2) is 11.0. The molecular formula is C31H27N3OS. The first-order valence-electron chi connectivity index (χ1n) is 11.9. The maximum absolute atomic E-state index is 6.05. The molecule has 0 radical (unpaired) electrons. The Labute approximate surface area is 216 Å². The number of anilines is 1. The first kappa shape index (κ1) is 23.5. The fourth-order valence-corrected chi connectivity index (χ4v) is 4.79. The van der Waals surface area contributed by atoms with Gasteiger partial charge in [0.25, 0.3) is 0 Å². The molecule has 0 saturated carbocycles. The third-order valence-electron chi connectivity index (χ3n) is 5.96. The van der Waals surface area contributed by atoms with Crippen LogP contribution in [0.3, 0.4) is 0 Å². The predicted octanol–water partition coefficient (Wildman–Crippen LogP) is 8.12. The fourth-order valence-electron chi connectivity index (χ4n) is 3.85. The lowest BCUT2D eigenvalue weighted by atomic mass is 10.0. The highest BCUT2D eigenvalue weighted by Crippen LogP contribution is 2.39. The summed E-state index contributed by atoms with van der Waals surface area (Å²) in [4.78, 5) is 6.03. The van der Waals surface area contributed by atoms with E-state index in [2.05, 4.69) is 79.0 Å². The molecule has 5 heteroatoms. The largest absolute Gasteiger partial charge is 0.488 e. The number of nitrogens with zero attached hydrogens (tertiary/aromatic N) is 2. The van der Waals surface area contributed by atoms with E-state index in [1.165, 1.54) is 11.1 Å². The van der Waals surface area contributed by atoms with Crippen molar-refractivity contribution in [1.29, 1.82) is 0 Å². The molecular weight excluding hydrogens is 462 g/mol. The maximum atomic E-state index is 6.05. The SMILES string of the molecule is Cc1ccc(-c2nc(N/N=C\c3ccccc3OCc3ccccc3)sc2-c2ccccc2)cc1C. The van der Waals surface area contributed by atoms with Crippen molar-refractivity contribution in [2.75, 3.05) is 5.43 Å². The van der Waals surface area contributed by atoms with Crippen LogP contribution >= 0.6 is 11.3 Å². The topological polar surface area (TPSA) is 46.5 Å². The maximum Gasteiger partial charge on any atom is 0.204 e. The highest BCUT2D eigenvalue weighted by atomic mass is 32.1. The zero-order valence-corrected chi connectivity index (χ0v) is 21.1. The zero-order valence-electron chi connectivity index (χ0n) is 20.3. The number of hydrazone groups is 1. The summed E-state index contributed by atoms with van der Waals surface area (Å²) in [5.74, 6) is 0.784. The number of hydrogen-bond acceptors (Lipinski definition) is 5. The molecule has 178 valence electrons. The number of aryl methyl sites for hydroxylation is 2. The normalized spacial score (nSPS) is 11.1. The Morgan fingerprint density at radius 1 is 0.806 bits per heavy atom. The number of thiazole rings is 1. The monoisotopic (exact) mass is 489 g/mol. The Kier molecular flexibility index (Phi) is 7.20. The molecule has 0 atom stereocenters. The average Bonchev–Trinajstić information content (AvgIpc) is 3.35. The van der Waals surface area contributed by atoms with Gasteiger partial charge < -0.3 is 4.74 Å². The summed E-state index contributed by atoms with van der Waals surface area (Å²) < 4.78 is 6.05. The third kappa shape index (κ3) is 5.53. The number of para-hydroxylation sites is 1. The molecule has 5 rings (SSSR count). The van der Waals surface area contributed by atoms with E-state index in [0.717, 1.165) is 43.7 Å². The molecule has 4 aromatic carbocycles. The molecule has 1 aromatic heterocycles. The van der Waals surface area contributed by atoms with Crippen molar-refractivity contribution in [1.82, 2.24) is 4.98 Å². The van der Waals surface area contributed by atoms with Crippen LogP contribution in [-0.2, 0) is 6.61 Å². The third-order valence-corrected chi connectivity index (χ3v) is 6.97. The summed E-state index contributed by atoms with van der Waals surface area (Å²) >= 11 is 1.60. The average molecular weight is 490 g/mol. The number of benzene rings is 4. The Morgan fingerprint density at radius 3 is 2.31 bits per heavy atom. The van der Waals surface area contributed by atoms with E-state index in [1.54, 1.807) is 17.6 Å². The van der Waals surface area contributed by atoms with E-state index in [0.29, 0.717) is 6.61 Å².